The molecule has 0 fully saturated rings. The smallest absolute Gasteiger partial charge is 0.385 e. The van der Waals surface area contributed by atoms with Gasteiger partial charge in [-0.3, -0.25) is 0 Å². The van der Waals surface area contributed by atoms with E-state index < -0.39 is 0 Å². The van der Waals surface area contributed by atoms with Crippen LogP contribution < -0.4 is 4.74 Å². The quantitative estimate of drug-likeness (QED) is 0.550. The molecule has 0 saturated heterocycles. The molecule has 4 nitrogen and oxygen atoms in total. The lowest BCUT2D eigenvalue weighted by atomic mass is 10.2. The van der Waals surface area contributed by atoms with Crippen molar-refractivity contribution >= 4 is 5.69 Å². The Labute approximate surface area is 69.3 Å². The molecule has 0 radical (unpaired) electrons. The first-order valence-corrected chi connectivity index (χ1v) is 3.59. The van der Waals surface area contributed by atoms with Crippen LogP contribution in [0, 0.1) is 5.39 Å². The van der Waals surface area contributed by atoms with Gasteiger partial charge in [0.05, 0.1) is 6.61 Å². The van der Waals surface area contributed by atoms with Crippen LogP contribution in [0.1, 0.15) is 5.56 Å². The molecule has 0 spiro atoms. The van der Waals surface area contributed by atoms with E-state index in [1.807, 2.05) is 0 Å². The predicted molar refractivity (Wildman–Crippen MR) is 41.5 cm³/mol. The van der Waals surface area contributed by atoms with E-state index in [2.05, 4.69) is 4.98 Å². The highest BCUT2D eigenvalue weighted by Crippen LogP contribution is 2.27. The SMILES string of the molecule is N#[N+]c1ccc2c(c1)COCO2. The minimum atomic E-state index is 0.294. The number of hydrogen-bond acceptors (Lipinski definition) is 3. The van der Waals surface area contributed by atoms with Crippen molar-refractivity contribution in [2.24, 2.45) is 0 Å². The number of nitrogens with zero attached hydrogens (tertiary/aromatic N) is 2. The van der Waals surface area contributed by atoms with Crippen LogP contribution in [0.5, 0.6) is 5.75 Å². The number of benzene rings is 1. The van der Waals surface area contributed by atoms with Gasteiger partial charge in [0.15, 0.2) is 11.8 Å². The van der Waals surface area contributed by atoms with E-state index in [0.717, 1.165) is 11.3 Å². The van der Waals surface area contributed by atoms with Crippen LogP contribution in [-0.4, -0.2) is 6.79 Å². The van der Waals surface area contributed by atoms with Gasteiger partial charge in [0.25, 0.3) is 0 Å². The average molecular weight is 163 g/mol. The molecule has 12 heavy (non-hydrogen) atoms. The highest BCUT2D eigenvalue weighted by atomic mass is 16.7. The van der Waals surface area contributed by atoms with Crippen molar-refractivity contribution in [3.63, 3.8) is 0 Å². The molecule has 0 aromatic heterocycles. The van der Waals surface area contributed by atoms with Crippen molar-refractivity contribution in [2.45, 2.75) is 6.61 Å². The van der Waals surface area contributed by atoms with Gasteiger partial charge >= 0.3 is 5.69 Å². The molecule has 0 amide bonds. The summed E-state index contributed by atoms with van der Waals surface area (Å²) in [7, 11) is 0. The van der Waals surface area contributed by atoms with Gasteiger partial charge in [-0.2, -0.15) is 0 Å². The summed E-state index contributed by atoms with van der Waals surface area (Å²) in [5, 5.41) is 8.48. The summed E-state index contributed by atoms with van der Waals surface area (Å²) in [5.41, 5.74) is 1.43. The standard InChI is InChI=1S/C8H7N2O2/c9-10-7-1-2-8-6(3-7)4-11-5-12-8/h1-3H,4-5H2/q+1. The first-order chi connectivity index (χ1) is 5.90. The maximum atomic E-state index is 8.48. The zero-order chi connectivity index (χ0) is 8.39. The first-order valence-electron chi connectivity index (χ1n) is 3.59. The Hall–Kier alpha value is -1.60. The Bertz CT molecular complexity index is 343. The molecule has 1 aliphatic heterocycles. The van der Waals surface area contributed by atoms with E-state index in [4.69, 9.17) is 14.9 Å². The summed E-state index contributed by atoms with van der Waals surface area (Å²) in [5.74, 6) is 0.800. The van der Waals surface area contributed by atoms with Gasteiger partial charge in [0.2, 0.25) is 5.39 Å². The largest absolute Gasteiger partial charge is 0.467 e. The molecule has 1 heterocycles. The third-order valence-corrected chi connectivity index (χ3v) is 1.71. The maximum absolute atomic E-state index is 8.48. The predicted octanol–water partition coefficient (Wildman–Crippen LogP) is 2.04. The highest BCUT2D eigenvalue weighted by Gasteiger charge is 2.14. The van der Waals surface area contributed by atoms with Crippen LogP contribution in [-0.2, 0) is 11.3 Å². The number of fused-ring (bicyclic) bond motifs is 1. The van der Waals surface area contributed by atoms with Gasteiger partial charge in [0.1, 0.15) is 5.75 Å². The molecule has 0 atom stereocenters. The normalized spacial score (nSPS) is 14.2. The monoisotopic (exact) mass is 163 g/mol. The molecule has 60 valence electrons. The number of diazo groups is 1. The Morgan fingerprint density at radius 2 is 2.33 bits per heavy atom. The van der Waals surface area contributed by atoms with Crippen LogP contribution in [0.25, 0.3) is 4.98 Å². The van der Waals surface area contributed by atoms with Gasteiger partial charge in [-0.1, -0.05) is 0 Å². The number of ether oxygens (including phenoxy) is 2. The van der Waals surface area contributed by atoms with Gasteiger partial charge in [-0.15, -0.1) is 0 Å². The second-order valence-corrected chi connectivity index (χ2v) is 2.50. The molecule has 1 aliphatic rings. The Balaban J connectivity index is 2.44. The highest BCUT2D eigenvalue weighted by molar-refractivity contribution is 5.51. The van der Waals surface area contributed by atoms with Crippen molar-refractivity contribution in [3.05, 3.63) is 28.7 Å². The summed E-state index contributed by atoms with van der Waals surface area (Å²) in [6.45, 7) is 0.807. The van der Waals surface area contributed by atoms with Crippen LogP contribution in [0.15, 0.2) is 18.2 Å². The topological polar surface area (TPSA) is 46.6 Å². The molecule has 0 bridgehead atoms. The van der Waals surface area contributed by atoms with Crippen LogP contribution >= 0.6 is 0 Å². The number of hydrogen-bond donors (Lipinski definition) is 0. The van der Waals surface area contributed by atoms with Crippen LogP contribution in [0.4, 0.5) is 5.69 Å². The van der Waals surface area contributed by atoms with Crippen molar-refractivity contribution in [1.82, 2.24) is 0 Å². The molecule has 0 saturated carbocycles. The summed E-state index contributed by atoms with van der Waals surface area (Å²) < 4.78 is 10.2. The Morgan fingerprint density at radius 3 is 3.17 bits per heavy atom. The van der Waals surface area contributed by atoms with E-state index in [1.54, 1.807) is 18.2 Å². The molecule has 0 N–H and O–H groups in total. The lowest BCUT2D eigenvalue weighted by Crippen LogP contribution is -2.10. The molecule has 0 aliphatic carbocycles. The van der Waals surface area contributed by atoms with E-state index >= 15 is 0 Å². The van der Waals surface area contributed by atoms with Crippen molar-refractivity contribution in [3.8, 4) is 5.75 Å². The fraction of sp³-hybridized carbons (Fsp3) is 0.250. The Kier molecular flexibility index (Phi) is 1.65. The van der Waals surface area contributed by atoms with Gasteiger partial charge in [-0.05, 0) is 6.07 Å². The van der Waals surface area contributed by atoms with Crippen LogP contribution in [0.3, 0.4) is 0 Å². The van der Waals surface area contributed by atoms with Gasteiger partial charge < -0.3 is 9.47 Å². The lowest BCUT2D eigenvalue weighted by molar-refractivity contribution is -0.0163. The first kappa shape index (κ1) is 7.07. The Morgan fingerprint density at radius 1 is 1.42 bits per heavy atom. The summed E-state index contributed by atoms with van der Waals surface area (Å²) in [6.07, 6.45) is 0. The zero-order valence-corrected chi connectivity index (χ0v) is 6.36. The second kappa shape index (κ2) is 2.80. The molecule has 4 heteroatoms. The van der Waals surface area contributed by atoms with E-state index in [1.165, 1.54) is 0 Å². The zero-order valence-electron chi connectivity index (χ0n) is 6.36. The summed E-state index contributed by atoms with van der Waals surface area (Å²) in [6, 6.07) is 5.19. The van der Waals surface area contributed by atoms with Crippen molar-refractivity contribution in [1.29, 1.82) is 5.39 Å². The fourth-order valence-electron chi connectivity index (χ4n) is 1.14. The fourth-order valence-corrected chi connectivity index (χ4v) is 1.14. The van der Waals surface area contributed by atoms with E-state index in [0.29, 0.717) is 19.1 Å². The lowest BCUT2D eigenvalue weighted by Gasteiger charge is -2.15. The van der Waals surface area contributed by atoms with Crippen LogP contribution in [0.2, 0.25) is 0 Å². The maximum Gasteiger partial charge on any atom is 0.385 e. The minimum absolute atomic E-state index is 0.294. The third kappa shape index (κ3) is 1.11. The van der Waals surface area contributed by atoms with Crippen molar-refractivity contribution in [2.75, 3.05) is 6.79 Å². The van der Waals surface area contributed by atoms with Crippen molar-refractivity contribution < 1.29 is 9.47 Å². The summed E-state index contributed by atoms with van der Waals surface area (Å²) >= 11 is 0. The summed E-state index contributed by atoms with van der Waals surface area (Å²) in [4.78, 5) is 3.07. The third-order valence-electron chi connectivity index (χ3n) is 1.71. The average Bonchev–Trinajstić information content (AvgIpc) is 2.17. The molecule has 2 rings (SSSR count). The van der Waals surface area contributed by atoms with Gasteiger partial charge in [0, 0.05) is 17.7 Å². The second-order valence-electron chi connectivity index (χ2n) is 2.50. The molecule has 0 unspecified atom stereocenters. The van der Waals surface area contributed by atoms with E-state index in [-0.39, 0.29) is 0 Å². The molecule has 1 aromatic rings. The molecule has 1 aromatic carbocycles. The minimum Gasteiger partial charge on any atom is -0.467 e. The molecular weight excluding hydrogens is 156 g/mol. The number of rotatable bonds is 0. The van der Waals surface area contributed by atoms with Gasteiger partial charge in [-0.25, -0.2) is 0 Å². The van der Waals surface area contributed by atoms with E-state index in [9.17, 15) is 0 Å². The molecular formula is C8H7N2O2+.